The molecule has 3 N–H and O–H groups in total. The summed E-state index contributed by atoms with van der Waals surface area (Å²) >= 11 is 0.584. The van der Waals surface area contributed by atoms with Crippen LogP contribution in [0, 0.1) is 17.8 Å². The molecule has 0 aliphatic heterocycles. The van der Waals surface area contributed by atoms with Gasteiger partial charge >= 0.3 is 14.6 Å². The standard InChI is InChI=1S/C15H34O6P2S/c1-13(2)7-5-8-14(3)9-6-10-15(4)11-12-24-23(19,20)21-22(16,17)18/h13-15H,5-12H2,1-4H3,(H,19,20)(H2,16,17,18). The summed E-state index contributed by atoms with van der Waals surface area (Å²) in [5, 5.41) is 0. The summed E-state index contributed by atoms with van der Waals surface area (Å²) in [5.41, 5.74) is 0. The quantitative estimate of drug-likeness (QED) is 0.324. The zero-order valence-electron chi connectivity index (χ0n) is 15.3. The van der Waals surface area contributed by atoms with Crippen LogP contribution in [0.5, 0.6) is 0 Å². The largest absolute Gasteiger partial charge is 0.477 e. The van der Waals surface area contributed by atoms with Gasteiger partial charge in [0.1, 0.15) is 0 Å². The molecular weight excluding hydrogens is 370 g/mol. The van der Waals surface area contributed by atoms with Gasteiger partial charge in [0.15, 0.2) is 0 Å². The van der Waals surface area contributed by atoms with Crippen molar-refractivity contribution in [2.75, 3.05) is 5.75 Å². The van der Waals surface area contributed by atoms with Crippen molar-refractivity contribution in [1.82, 2.24) is 0 Å². The van der Waals surface area contributed by atoms with Gasteiger partial charge in [0.2, 0.25) is 0 Å². The minimum Gasteiger partial charge on any atom is -0.316 e. The van der Waals surface area contributed by atoms with Crippen LogP contribution in [-0.2, 0) is 13.4 Å². The smallest absolute Gasteiger partial charge is 0.316 e. The Balaban J connectivity index is 3.78. The van der Waals surface area contributed by atoms with E-state index in [0.717, 1.165) is 31.1 Å². The van der Waals surface area contributed by atoms with Crippen LogP contribution < -0.4 is 0 Å². The third kappa shape index (κ3) is 16.1. The Kier molecular flexibility index (Phi) is 12.4. The predicted molar refractivity (Wildman–Crippen MR) is 101 cm³/mol. The third-order valence-corrected chi connectivity index (χ3v) is 8.49. The van der Waals surface area contributed by atoms with Gasteiger partial charge in [0.25, 0.3) is 0 Å². The Morgan fingerprint density at radius 1 is 0.833 bits per heavy atom. The van der Waals surface area contributed by atoms with E-state index in [1.165, 1.54) is 25.7 Å². The van der Waals surface area contributed by atoms with Crippen molar-refractivity contribution in [2.24, 2.45) is 17.8 Å². The molecule has 0 spiro atoms. The van der Waals surface area contributed by atoms with E-state index in [-0.39, 0.29) is 0 Å². The first-order valence-corrected chi connectivity index (χ1v) is 13.4. The summed E-state index contributed by atoms with van der Waals surface area (Å²) in [6.07, 6.45) is 7.98. The second kappa shape index (κ2) is 12.1. The maximum atomic E-state index is 11.5. The normalized spacial score (nSPS) is 17.7. The Morgan fingerprint density at radius 2 is 1.29 bits per heavy atom. The molecule has 3 unspecified atom stereocenters. The maximum Gasteiger partial charge on any atom is 0.477 e. The molecule has 0 bridgehead atoms. The lowest BCUT2D eigenvalue weighted by Crippen LogP contribution is -2.01. The van der Waals surface area contributed by atoms with Crippen molar-refractivity contribution in [3.05, 3.63) is 0 Å². The number of hydrogen-bond acceptors (Lipinski definition) is 4. The molecule has 9 heteroatoms. The van der Waals surface area contributed by atoms with Crippen LogP contribution in [-0.4, -0.2) is 20.4 Å². The first-order chi connectivity index (χ1) is 10.9. The topological polar surface area (TPSA) is 104 Å². The Hall–Kier alpha value is 0.650. The summed E-state index contributed by atoms with van der Waals surface area (Å²) in [7, 11) is -4.93. The first-order valence-electron chi connectivity index (χ1n) is 8.65. The highest BCUT2D eigenvalue weighted by atomic mass is 32.7. The van der Waals surface area contributed by atoms with E-state index in [9.17, 15) is 14.0 Å². The van der Waals surface area contributed by atoms with Crippen LogP contribution >= 0.6 is 26.0 Å². The van der Waals surface area contributed by atoms with E-state index in [2.05, 4.69) is 32.0 Å². The van der Waals surface area contributed by atoms with Gasteiger partial charge in [-0.15, -0.1) is 0 Å². The summed E-state index contributed by atoms with van der Waals surface area (Å²) in [6, 6.07) is 0. The molecule has 0 radical (unpaired) electrons. The van der Waals surface area contributed by atoms with E-state index < -0.39 is 14.6 Å². The molecule has 0 aliphatic carbocycles. The van der Waals surface area contributed by atoms with Crippen LogP contribution in [0.15, 0.2) is 0 Å². The van der Waals surface area contributed by atoms with Crippen molar-refractivity contribution in [1.29, 1.82) is 0 Å². The van der Waals surface area contributed by atoms with Gasteiger partial charge in [0.05, 0.1) is 0 Å². The summed E-state index contributed by atoms with van der Waals surface area (Å²) in [5.74, 6) is 2.26. The molecule has 0 saturated carbocycles. The van der Waals surface area contributed by atoms with E-state index in [0.29, 0.717) is 23.1 Å². The van der Waals surface area contributed by atoms with Crippen molar-refractivity contribution < 1.29 is 28.1 Å². The molecule has 6 nitrogen and oxygen atoms in total. The average Bonchev–Trinajstić information content (AvgIpc) is 2.34. The third-order valence-electron chi connectivity index (χ3n) is 3.95. The Bertz CT molecular complexity index is 426. The molecule has 24 heavy (non-hydrogen) atoms. The fraction of sp³-hybridized carbons (Fsp3) is 1.00. The van der Waals surface area contributed by atoms with E-state index >= 15 is 0 Å². The zero-order chi connectivity index (χ0) is 18.8. The second-order valence-electron chi connectivity index (χ2n) is 7.13. The minimum atomic E-state index is -4.93. The van der Waals surface area contributed by atoms with Crippen LogP contribution in [0.2, 0.25) is 0 Å². The highest BCUT2D eigenvalue weighted by molar-refractivity contribution is 8.55. The molecule has 0 aromatic heterocycles. The summed E-state index contributed by atoms with van der Waals surface area (Å²) in [4.78, 5) is 26.5. The van der Waals surface area contributed by atoms with Gasteiger partial charge in [-0.2, -0.15) is 4.31 Å². The number of hydrogen-bond donors (Lipinski definition) is 3. The molecule has 0 rings (SSSR count). The summed E-state index contributed by atoms with van der Waals surface area (Å²) in [6.45, 7) is 4.61. The van der Waals surface area contributed by atoms with E-state index in [1.54, 1.807) is 0 Å². The zero-order valence-corrected chi connectivity index (χ0v) is 17.9. The van der Waals surface area contributed by atoms with E-state index in [1.807, 2.05) is 0 Å². The maximum absolute atomic E-state index is 11.5. The van der Waals surface area contributed by atoms with Crippen LogP contribution in [0.4, 0.5) is 0 Å². The van der Waals surface area contributed by atoms with Crippen molar-refractivity contribution in [3.63, 3.8) is 0 Å². The Morgan fingerprint density at radius 3 is 1.75 bits per heavy atom. The van der Waals surface area contributed by atoms with Crippen LogP contribution in [0.1, 0.15) is 72.6 Å². The fourth-order valence-corrected chi connectivity index (χ4v) is 6.72. The molecule has 0 heterocycles. The van der Waals surface area contributed by atoms with Crippen molar-refractivity contribution in [2.45, 2.75) is 72.6 Å². The molecule has 3 atom stereocenters. The molecule has 146 valence electrons. The first kappa shape index (κ1) is 24.7. The second-order valence-corrected chi connectivity index (χ2v) is 12.5. The lowest BCUT2D eigenvalue weighted by molar-refractivity contribution is 0.270. The van der Waals surface area contributed by atoms with Gasteiger partial charge in [-0.05, 0) is 35.6 Å². The fourth-order valence-electron chi connectivity index (χ4n) is 2.51. The van der Waals surface area contributed by atoms with Crippen molar-refractivity contribution in [3.8, 4) is 0 Å². The number of phosphoric acid groups is 1. The monoisotopic (exact) mass is 404 g/mol. The van der Waals surface area contributed by atoms with Gasteiger partial charge in [0, 0.05) is 5.75 Å². The molecule has 0 saturated heterocycles. The minimum absolute atomic E-state index is 0.346. The van der Waals surface area contributed by atoms with Gasteiger partial charge in [-0.1, -0.05) is 66.2 Å². The summed E-state index contributed by atoms with van der Waals surface area (Å²) < 4.78 is 26.0. The van der Waals surface area contributed by atoms with Gasteiger partial charge in [-0.25, -0.2) is 9.13 Å². The van der Waals surface area contributed by atoms with Crippen molar-refractivity contribution >= 4 is 26.0 Å². The van der Waals surface area contributed by atoms with Gasteiger partial charge in [-0.3, -0.25) is 0 Å². The van der Waals surface area contributed by atoms with Gasteiger partial charge < -0.3 is 14.7 Å². The molecule has 0 aromatic rings. The molecule has 0 aromatic carbocycles. The highest BCUT2D eigenvalue weighted by Crippen LogP contribution is 2.65. The lowest BCUT2D eigenvalue weighted by atomic mass is 9.93. The highest BCUT2D eigenvalue weighted by Gasteiger charge is 2.31. The number of rotatable bonds is 14. The molecule has 0 fully saturated rings. The predicted octanol–water partition coefficient (Wildman–Crippen LogP) is 5.59. The molecule has 0 aliphatic rings. The SMILES string of the molecule is CC(C)CCCC(C)CCCC(C)CCSP(=O)(O)OP(=O)(O)O. The van der Waals surface area contributed by atoms with E-state index in [4.69, 9.17) is 9.79 Å². The molecular formula is C15H34O6P2S. The van der Waals surface area contributed by atoms with Crippen LogP contribution in [0.25, 0.3) is 0 Å². The lowest BCUT2D eigenvalue weighted by Gasteiger charge is -2.16. The molecule has 0 amide bonds. The average molecular weight is 404 g/mol. The Labute approximate surface area is 150 Å². The van der Waals surface area contributed by atoms with Crippen LogP contribution in [0.3, 0.4) is 0 Å².